The summed E-state index contributed by atoms with van der Waals surface area (Å²) in [5.41, 5.74) is 4.17. The van der Waals surface area contributed by atoms with Crippen LogP contribution in [0, 0.1) is 20.8 Å². The summed E-state index contributed by atoms with van der Waals surface area (Å²) in [7, 11) is 0. The molecule has 18 heavy (non-hydrogen) atoms. The molecule has 1 aromatic carbocycles. The monoisotopic (exact) mass is 280 g/mol. The summed E-state index contributed by atoms with van der Waals surface area (Å²) < 4.78 is 20.9. The van der Waals surface area contributed by atoms with Crippen LogP contribution in [0.15, 0.2) is 28.5 Å². The minimum absolute atomic E-state index is 0.560. The van der Waals surface area contributed by atoms with Crippen molar-refractivity contribution < 1.29 is 8.76 Å². The summed E-state index contributed by atoms with van der Waals surface area (Å²) >= 11 is -0.216. The first-order chi connectivity index (χ1) is 8.47. The maximum Gasteiger partial charge on any atom is 0.187 e. The van der Waals surface area contributed by atoms with Crippen molar-refractivity contribution in [1.82, 2.24) is 0 Å². The van der Waals surface area contributed by atoms with Crippen molar-refractivity contribution >= 4 is 22.4 Å². The number of thiophene rings is 1. The SMILES string of the molecule is Cc1cc(C)c(S(=O)O)c(Cc2csc(C)c2)c1. The van der Waals surface area contributed by atoms with Crippen molar-refractivity contribution in [2.24, 2.45) is 0 Å². The first kappa shape index (κ1) is 13.5. The van der Waals surface area contributed by atoms with Crippen LogP contribution >= 0.6 is 11.3 Å². The number of aryl methyl sites for hydroxylation is 3. The maximum absolute atomic E-state index is 11.5. The smallest absolute Gasteiger partial charge is 0.187 e. The molecule has 0 radical (unpaired) electrons. The molecule has 0 amide bonds. The van der Waals surface area contributed by atoms with E-state index >= 15 is 0 Å². The zero-order valence-electron chi connectivity index (χ0n) is 10.7. The Labute approximate surface area is 114 Å². The molecule has 0 aliphatic carbocycles. The quantitative estimate of drug-likeness (QED) is 0.867. The molecule has 1 N–H and O–H groups in total. The summed E-state index contributed by atoms with van der Waals surface area (Å²) in [6.45, 7) is 5.97. The molecule has 1 unspecified atom stereocenters. The largest absolute Gasteiger partial charge is 0.302 e. The standard InChI is InChI=1S/C14H16O2S2/c1-9-4-10(2)14(18(15)16)13(5-9)7-12-6-11(3)17-8-12/h4-6,8H,7H2,1-3H3,(H,15,16). The van der Waals surface area contributed by atoms with Gasteiger partial charge in [-0.25, -0.2) is 4.21 Å². The van der Waals surface area contributed by atoms with E-state index in [-0.39, 0.29) is 0 Å². The first-order valence-corrected chi connectivity index (χ1v) is 7.71. The molecular formula is C14H16O2S2. The zero-order valence-corrected chi connectivity index (χ0v) is 12.3. The second-order valence-corrected chi connectivity index (χ2v) is 6.58. The van der Waals surface area contributed by atoms with Gasteiger partial charge >= 0.3 is 0 Å². The lowest BCUT2D eigenvalue weighted by Gasteiger charge is -2.10. The fraction of sp³-hybridized carbons (Fsp3) is 0.286. The Morgan fingerprint density at radius 1 is 1.22 bits per heavy atom. The number of rotatable bonds is 3. The number of benzene rings is 1. The van der Waals surface area contributed by atoms with Gasteiger partial charge < -0.3 is 4.55 Å². The van der Waals surface area contributed by atoms with E-state index in [0.29, 0.717) is 11.3 Å². The Morgan fingerprint density at radius 3 is 2.50 bits per heavy atom. The Kier molecular flexibility index (Phi) is 4.00. The van der Waals surface area contributed by atoms with Gasteiger partial charge in [0.1, 0.15) is 0 Å². The molecule has 96 valence electrons. The van der Waals surface area contributed by atoms with Gasteiger partial charge in [0.25, 0.3) is 0 Å². The Hall–Kier alpha value is -0.970. The third-order valence-corrected chi connectivity index (χ3v) is 4.69. The van der Waals surface area contributed by atoms with Gasteiger partial charge in [-0.15, -0.1) is 11.3 Å². The first-order valence-electron chi connectivity index (χ1n) is 5.72. The summed E-state index contributed by atoms with van der Waals surface area (Å²) in [6, 6.07) is 6.09. The molecule has 2 rings (SSSR count). The van der Waals surface area contributed by atoms with E-state index in [1.807, 2.05) is 26.0 Å². The molecule has 2 aromatic rings. The molecule has 0 aliphatic heterocycles. The van der Waals surface area contributed by atoms with Crippen molar-refractivity contribution in [3.63, 3.8) is 0 Å². The van der Waals surface area contributed by atoms with Crippen molar-refractivity contribution in [1.29, 1.82) is 0 Å². The Bertz CT molecular complexity index is 600. The highest BCUT2D eigenvalue weighted by Gasteiger charge is 2.13. The molecule has 0 aliphatic rings. The zero-order chi connectivity index (χ0) is 13.3. The van der Waals surface area contributed by atoms with Crippen LogP contribution in [0.1, 0.15) is 27.1 Å². The average Bonchev–Trinajstić information content (AvgIpc) is 2.62. The molecule has 0 bridgehead atoms. The van der Waals surface area contributed by atoms with Crippen LogP contribution in [0.4, 0.5) is 0 Å². The van der Waals surface area contributed by atoms with Gasteiger partial charge in [-0.1, -0.05) is 17.7 Å². The molecule has 1 heterocycles. The molecule has 1 atom stereocenters. The van der Waals surface area contributed by atoms with E-state index in [4.69, 9.17) is 0 Å². The van der Waals surface area contributed by atoms with Crippen LogP contribution < -0.4 is 0 Å². The topological polar surface area (TPSA) is 37.3 Å². The van der Waals surface area contributed by atoms with Crippen molar-refractivity contribution in [2.45, 2.75) is 32.1 Å². The highest BCUT2D eigenvalue weighted by Crippen LogP contribution is 2.24. The fourth-order valence-electron chi connectivity index (χ4n) is 2.23. The minimum Gasteiger partial charge on any atom is -0.302 e. The van der Waals surface area contributed by atoms with Gasteiger partial charge in [0.2, 0.25) is 0 Å². The van der Waals surface area contributed by atoms with Crippen molar-refractivity contribution in [3.8, 4) is 0 Å². The van der Waals surface area contributed by atoms with Crippen molar-refractivity contribution in [3.05, 3.63) is 50.7 Å². The number of hydrogen-bond acceptors (Lipinski definition) is 2. The predicted octanol–water partition coefficient (Wildman–Crippen LogP) is 3.84. The second kappa shape index (κ2) is 5.34. The van der Waals surface area contributed by atoms with Gasteiger partial charge in [0.05, 0.1) is 4.90 Å². The third-order valence-electron chi connectivity index (χ3n) is 2.85. The minimum atomic E-state index is -1.92. The average molecular weight is 280 g/mol. The summed E-state index contributed by atoms with van der Waals surface area (Å²) in [6.07, 6.45) is 0.717. The highest BCUT2D eigenvalue weighted by atomic mass is 32.2. The molecule has 0 fully saturated rings. The van der Waals surface area contributed by atoms with E-state index in [0.717, 1.165) is 16.7 Å². The van der Waals surface area contributed by atoms with Crippen LogP contribution in [0.2, 0.25) is 0 Å². The second-order valence-electron chi connectivity index (χ2n) is 4.56. The lowest BCUT2D eigenvalue weighted by Crippen LogP contribution is -2.01. The van der Waals surface area contributed by atoms with E-state index < -0.39 is 11.1 Å². The summed E-state index contributed by atoms with van der Waals surface area (Å²) in [4.78, 5) is 1.82. The van der Waals surface area contributed by atoms with Crippen LogP contribution in [-0.2, 0) is 17.5 Å². The van der Waals surface area contributed by atoms with E-state index in [1.54, 1.807) is 11.3 Å². The van der Waals surface area contributed by atoms with E-state index in [9.17, 15) is 8.76 Å². The van der Waals surface area contributed by atoms with Crippen LogP contribution in [0.5, 0.6) is 0 Å². The van der Waals surface area contributed by atoms with Crippen molar-refractivity contribution in [2.75, 3.05) is 0 Å². The van der Waals surface area contributed by atoms with Gasteiger partial charge in [0, 0.05) is 4.88 Å². The van der Waals surface area contributed by atoms with Crippen LogP contribution in [0.25, 0.3) is 0 Å². The van der Waals surface area contributed by atoms with E-state index in [2.05, 4.69) is 18.4 Å². The van der Waals surface area contributed by atoms with E-state index in [1.165, 1.54) is 10.4 Å². The lowest BCUT2D eigenvalue weighted by molar-refractivity contribution is 0.562. The van der Waals surface area contributed by atoms with Gasteiger partial charge in [-0.2, -0.15) is 0 Å². The normalized spacial score (nSPS) is 12.7. The van der Waals surface area contributed by atoms with Gasteiger partial charge in [0.15, 0.2) is 11.1 Å². The fourth-order valence-corrected chi connectivity index (χ4v) is 3.63. The summed E-state index contributed by atoms with van der Waals surface area (Å²) in [5, 5.41) is 2.11. The highest BCUT2D eigenvalue weighted by molar-refractivity contribution is 7.79. The Morgan fingerprint density at radius 2 is 1.94 bits per heavy atom. The molecule has 1 aromatic heterocycles. The molecule has 4 heteroatoms. The van der Waals surface area contributed by atoms with Crippen LogP contribution in [-0.4, -0.2) is 8.76 Å². The summed E-state index contributed by atoms with van der Waals surface area (Å²) in [5.74, 6) is 0. The van der Waals surface area contributed by atoms with Gasteiger partial charge in [-0.05, 0) is 55.3 Å². The molecule has 0 saturated heterocycles. The van der Waals surface area contributed by atoms with Gasteiger partial charge in [-0.3, -0.25) is 0 Å². The predicted molar refractivity (Wildman–Crippen MR) is 76.8 cm³/mol. The van der Waals surface area contributed by atoms with Crippen LogP contribution in [0.3, 0.4) is 0 Å². The maximum atomic E-state index is 11.5. The molecule has 0 spiro atoms. The Balaban J connectivity index is 2.45. The molecule has 0 saturated carbocycles. The molecule has 2 nitrogen and oxygen atoms in total. The number of hydrogen-bond donors (Lipinski definition) is 1. The molecular weight excluding hydrogens is 264 g/mol. The third kappa shape index (κ3) is 2.88. The lowest BCUT2D eigenvalue weighted by atomic mass is 10.0.